The largest absolute Gasteiger partial charge is 0.334 e. The summed E-state index contributed by atoms with van der Waals surface area (Å²) in [6.45, 7) is 5.66. The van der Waals surface area contributed by atoms with Crippen LogP contribution in [0.4, 0.5) is 0 Å². The molecule has 1 aliphatic heterocycles. The summed E-state index contributed by atoms with van der Waals surface area (Å²) in [5.74, 6) is -0.0397. The van der Waals surface area contributed by atoms with Gasteiger partial charge in [-0.3, -0.25) is 4.79 Å². The zero-order valence-electron chi connectivity index (χ0n) is 10.7. The Bertz CT molecular complexity index is 517. The van der Waals surface area contributed by atoms with E-state index >= 15 is 0 Å². The van der Waals surface area contributed by atoms with E-state index in [2.05, 4.69) is 6.58 Å². The molecule has 0 bridgehead atoms. The van der Waals surface area contributed by atoms with E-state index in [9.17, 15) is 13.2 Å². The average Bonchev–Trinajstić information content (AvgIpc) is 2.64. The van der Waals surface area contributed by atoms with Crippen LogP contribution in [0.1, 0.15) is 19.8 Å². The lowest BCUT2D eigenvalue weighted by Crippen LogP contribution is -2.45. The van der Waals surface area contributed by atoms with Gasteiger partial charge in [-0.1, -0.05) is 6.08 Å². The van der Waals surface area contributed by atoms with E-state index < -0.39 is 19.6 Å². The molecular formula is C12H17Cl2NO3S. The predicted molar refractivity (Wildman–Crippen MR) is 76.1 cm³/mol. The molecule has 1 aliphatic carbocycles. The minimum Gasteiger partial charge on any atom is -0.334 e. The van der Waals surface area contributed by atoms with Crippen molar-refractivity contribution in [2.75, 3.05) is 18.1 Å². The van der Waals surface area contributed by atoms with Gasteiger partial charge in [0.25, 0.3) is 0 Å². The van der Waals surface area contributed by atoms with Gasteiger partial charge in [0.05, 0.1) is 16.9 Å². The number of nitrogens with zero attached hydrogens (tertiary/aromatic N) is 1. The van der Waals surface area contributed by atoms with Crippen LogP contribution >= 0.6 is 23.2 Å². The molecule has 0 aromatic rings. The molecule has 108 valence electrons. The van der Waals surface area contributed by atoms with Crippen molar-refractivity contribution in [3.8, 4) is 0 Å². The van der Waals surface area contributed by atoms with Crippen LogP contribution in [-0.4, -0.2) is 47.7 Å². The van der Waals surface area contributed by atoms with E-state index in [-0.39, 0.29) is 23.5 Å². The van der Waals surface area contributed by atoms with E-state index in [0.29, 0.717) is 19.4 Å². The fourth-order valence-corrected chi connectivity index (χ4v) is 4.93. The zero-order valence-corrected chi connectivity index (χ0v) is 13.1. The van der Waals surface area contributed by atoms with Gasteiger partial charge in [0.15, 0.2) is 9.84 Å². The Labute approximate surface area is 123 Å². The summed E-state index contributed by atoms with van der Waals surface area (Å²) in [6.07, 6.45) is 2.46. The van der Waals surface area contributed by atoms with E-state index in [0.717, 1.165) is 0 Å². The van der Waals surface area contributed by atoms with Crippen LogP contribution < -0.4 is 0 Å². The summed E-state index contributed by atoms with van der Waals surface area (Å²) in [7, 11) is -3.04. The molecule has 1 amide bonds. The summed E-state index contributed by atoms with van der Waals surface area (Å²) in [4.78, 5) is 14.1. The normalized spacial score (nSPS) is 34.8. The monoisotopic (exact) mass is 325 g/mol. The zero-order chi connectivity index (χ0) is 14.5. The van der Waals surface area contributed by atoms with Crippen molar-refractivity contribution >= 4 is 38.9 Å². The average molecular weight is 326 g/mol. The Hall–Kier alpha value is -0.260. The molecule has 7 heteroatoms. The second kappa shape index (κ2) is 4.64. The number of hydrogen-bond donors (Lipinski definition) is 0. The van der Waals surface area contributed by atoms with Gasteiger partial charge < -0.3 is 4.90 Å². The highest BCUT2D eigenvalue weighted by Crippen LogP contribution is 2.64. The van der Waals surface area contributed by atoms with Crippen molar-refractivity contribution in [2.45, 2.75) is 30.1 Å². The number of sulfone groups is 1. The molecule has 19 heavy (non-hydrogen) atoms. The molecule has 0 radical (unpaired) electrons. The Morgan fingerprint density at radius 3 is 2.47 bits per heavy atom. The van der Waals surface area contributed by atoms with Crippen molar-refractivity contribution in [1.29, 1.82) is 0 Å². The molecule has 2 atom stereocenters. The van der Waals surface area contributed by atoms with Crippen LogP contribution in [-0.2, 0) is 14.6 Å². The minimum absolute atomic E-state index is 0.0141. The van der Waals surface area contributed by atoms with Gasteiger partial charge in [0, 0.05) is 12.6 Å². The summed E-state index contributed by atoms with van der Waals surface area (Å²) in [5, 5.41) is 0. The maximum absolute atomic E-state index is 12.5. The van der Waals surface area contributed by atoms with Crippen LogP contribution in [0.15, 0.2) is 12.7 Å². The second-order valence-electron chi connectivity index (χ2n) is 5.52. The molecule has 1 saturated heterocycles. The van der Waals surface area contributed by atoms with Crippen molar-refractivity contribution < 1.29 is 13.2 Å². The van der Waals surface area contributed by atoms with Crippen LogP contribution in [0.3, 0.4) is 0 Å². The lowest BCUT2D eigenvalue weighted by molar-refractivity contribution is -0.137. The first-order valence-corrected chi connectivity index (χ1v) is 8.71. The number of rotatable bonds is 4. The molecule has 2 rings (SSSR count). The first kappa shape index (κ1) is 15.1. The number of carbonyl (C=O) groups is 1. The van der Waals surface area contributed by atoms with Crippen LogP contribution in [0, 0.1) is 5.41 Å². The summed E-state index contributed by atoms with van der Waals surface area (Å²) < 4.78 is 22.1. The molecule has 0 aromatic heterocycles. The lowest BCUT2D eigenvalue weighted by Gasteiger charge is -2.30. The SMILES string of the molecule is C=CCN(C(=O)[C@@]1(C)CC1(Cl)Cl)[C@H]1CCS(=O)(=O)C1. The number of carbonyl (C=O) groups excluding carboxylic acids is 1. The molecule has 1 saturated carbocycles. The van der Waals surface area contributed by atoms with E-state index in [1.54, 1.807) is 17.9 Å². The topological polar surface area (TPSA) is 54.5 Å². The Morgan fingerprint density at radius 1 is 1.53 bits per heavy atom. The molecule has 0 aromatic carbocycles. The number of alkyl halides is 2. The summed E-state index contributed by atoms with van der Waals surface area (Å²) in [6, 6.07) is -0.294. The summed E-state index contributed by atoms with van der Waals surface area (Å²) >= 11 is 12.0. The van der Waals surface area contributed by atoms with Gasteiger partial charge in [0.2, 0.25) is 5.91 Å². The van der Waals surface area contributed by atoms with E-state index in [1.807, 2.05) is 0 Å². The second-order valence-corrected chi connectivity index (χ2v) is 9.23. The number of hydrogen-bond acceptors (Lipinski definition) is 3. The Balaban J connectivity index is 2.18. The van der Waals surface area contributed by atoms with Crippen molar-refractivity contribution in [1.82, 2.24) is 4.90 Å². The van der Waals surface area contributed by atoms with Gasteiger partial charge in [0.1, 0.15) is 4.33 Å². The van der Waals surface area contributed by atoms with Crippen molar-refractivity contribution in [3.63, 3.8) is 0 Å². The highest BCUT2D eigenvalue weighted by Gasteiger charge is 2.69. The molecule has 0 N–H and O–H groups in total. The number of amides is 1. The number of halogens is 2. The van der Waals surface area contributed by atoms with Gasteiger partial charge in [-0.15, -0.1) is 29.8 Å². The predicted octanol–water partition coefficient (Wildman–Crippen LogP) is 1.77. The van der Waals surface area contributed by atoms with Gasteiger partial charge in [-0.2, -0.15) is 0 Å². The van der Waals surface area contributed by atoms with E-state index in [4.69, 9.17) is 23.2 Å². The maximum atomic E-state index is 12.5. The first-order valence-electron chi connectivity index (χ1n) is 6.13. The highest BCUT2D eigenvalue weighted by molar-refractivity contribution is 7.91. The Kier molecular flexibility index (Phi) is 3.69. The van der Waals surface area contributed by atoms with E-state index in [1.165, 1.54) is 0 Å². The minimum atomic E-state index is -3.04. The molecule has 0 unspecified atom stereocenters. The van der Waals surface area contributed by atoms with Gasteiger partial charge in [-0.05, 0) is 19.8 Å². The quantitative estimate of drug-likeness (QED) is 0.584. The lowest BCUT2D eigenvalue weighted by atomic mass is 10.1. The molecule has 1 heterocycles. The van der Waals surface area contributed by atoms with Crippen molar-refractivity contribution in [3.05, 3.63) is 12.7 Å². The first-order chi connectivity index (χ1) is 8.63. The van der Waals surface area contributed by atoms with Gasteiger partial charge in [-0.25, -0.2) is 8.42 Å². The molecule has 2 aliphatic rings. The molecule has 2 fully saturated rings. The standard InChI is InChI=1S/C12H17Cl2NO3S/c1-3-5-15(9-4-6-19(17,18)7-9)10(16)11(2)8-12(11,13)14/h3,9H,1,4-8H2,2H3/t9-,11+/m0/s1. The molecular weight excluding hydrogens is 309 g/mol. The molecule has 0 spiro atoms. The van der Waals surface area contributed by atoms with Crippen LogP contribution in [0.5, 0.6) is 0 Å². The smallest absolute Gasteiger partial charge is 0.232 e. The third-order valence-electron chi connectivity index (χ3n) is 3.97. The maximum Gasteiger partial charge on any atom is 0.232 e. The highest BCUT2D eigenvalue weighted by atomic mass is 35.5. The van der Waals surface area contributed by atoms with Crippen LogP contribution in [0.25, 0.3) is 0 Å². The van der Waals surface area contributed by atoms with Gasteiger partial charge >= 0.3 is 0 Å². The third-order valence-corrected chi connectivity index (χ3v) is 6.82. The summed E-state index contributed by atoms with van der Waals surface area (Å²) in [5.41, 5.74) is -0.814. The van der Waals surface area contributed by atoms with Crippen molar-refractivity contribution in [2.24, 2.45) is 5.41 Å². The van der Waals surface area contributed by atoms with Crippen LogP contribution in [0.2, 0.25) is 0 Å². The molecule has 4 nitrogen and oxygen atoms in total. The third kappa shape index (κ3) is 2.65. The fraction of sp³-hybridized carbons (Fsp3) is 0.750. The Morgan fingerprint density at radius 2 is 2.11 bits per heavy atom. The fourth-order valence-electron chi connectivity index (χ4n) is 2.51.